The number of hydrogen-bond donors (Lipinski definition) is 1. The SMILES string of the molecule is COc1ccc(Cn2c(O)c(C(=O)c3cccs3)c(C)c(C#N)c2=O)cc1. The molecular weight excluding hydrogens is 364 g/mol. The van der Waals surface area contributed by atoms with Crippen LogP contribution in [-0.2, 0) is 6.54 Å². The van der Waals surface area contributed by atoms with E-state index in [1.807, 2.05) is 6.07 Å². The average Bonchev–Trinajstić information content (AvgIpc) is 3.21. The maximum Gasteiger partial charge on any atom is 0.271 e. The number of carbonyl (C=O) groups is 1. The highest BCUT2D eigenvalue weighted by Gasteiger charge is 2.25. The second kappa shape index (κ2) is 7.48. The van der Waals surface area contributed by atoms with Gasteiger partial charge in [0.25, 0.3) is 5.56 Å². The van der Waals surface area contributed by atoms with Crippen molar-refractivity contribution in [1.29, 1.82) is 5.26 Å². The topological polar surface area (TPSA) is 92.3 Å². The summed E-state index contributed by atoms with van der Waals surface area (Å²) in [5, 5.41) is 21.9. The number of benzene rings is 1. The molecular formula is C20H16N2O4S. The highest BCUT2D eigenvalue weighted by atomic mass is 32.1. The number of methoxy groups -OCH3 is 1. The first-order valence-corrected chi connectivity index (χ1v) is 8.93. The Morgan fingerprint density at radius 3 is 2.56 bits per heavy atom. The molecule has 27 heavy (non-hydrogen) atoms. The van der Waals surface area contributed by atoms with Crippen molar-refractivity contribution in [3.63, 3.8) is 0 Å². The fraction of sp³-hybridized carbons (Fsp3) is 0.150. The first-order chi connectivity index (χ1) is 13.0. The van der Waals surface area contributed by atoms with Crippen molar-refractivity contribution >= 4 is 17.1 Å². The molecule has 7 heteroatoms. The van der Waals surface area contributed by atoms with Gasteiger partial charge in [0.15, 0.2) is 0 Å². The molecule has 2 heterocycles. The summed E-state index contributed by atoms with van der Waals surface area (Å²) in [6.45, 7) is 1.52. The second-order valence-corrected chi connectivity index (χ2v) is 6.80. The van der Waals surface area contributed by atoms with Gasteiger partial charge in [0.05, 0.1) is 24.1 Å². The summed E-state index contributed by atoms with van der Waals surface area (Å²) < 4.78 is 6.16. The Morgan fingerprint density at radius 1 is 1.30 bits per heavy atom. The molecule has 0 spiro atoms. The van der Waals surface area contributed by atoms with Gasteiger partial charge in [-0.05, 0) is 41.6 Å². The molecule has 1 N–H and O–H groups in total. The van der Waals surface area contributed by atoms with Crippen molar-refractivity contribution in [2.24, 2.45) is 0 Å². The third kappa shape index (κ3) is 3.35. The Morgan fingerprint density at radius 2 is 2.00 bits per heavy atom. The highest BCUT2D eigenvalue weighted by molar-refractivity contribution is 7.12. The minimum absolute atomic E-state index is 0.0222. The zero-order valence-electron chi connectivity index (χ0n) is 14.7. The molecule has 3 aromatic rings. The molecule has 0 aliphatic carbocycles. The lowest BCUT2D eigenvalue weighted by Gasteiger charge is -2.15. The largest absolute Gasteiger partial charge is 0.497 e. The quantitative estimate of drug-likeness (QED) is 0.687. The van der Waals surface area contributed by atoms with E-state index in [0.717, 1.165) is 10.1 Å². The van der Waals surface area contributed by atoms with E-state index >= 15 is 0 Å². The third-order valence-electron chi connectivity index (χ3n) is 4.27. The van der Waals surface area contributed by atoms with Gasteiger partial charge in [-0.25, -0.2) is 0 Å². The predicted molar refractivity (Wildman–Crippen MR) is 102 cm³/mol. The second-order valence-electron chi connectivity index (χ2n) is 5.86. The molecule has 0 unspecified atom stereocenters. The van der Waals surface area contributed by atoms with Crippen LogP contribution in [0.1, 0.15) is 31.9 Å². The van der Waals surface area contributed by atoms with E-state index in [2.05, 4.69) is 0 Å². The number of nitrogens with zero attached hydrogens (tertiary/aromatic N) is 2. The van der Waals surface area contributed by atoms with Gasteiger partial charge in [-0.15, -0.1) is 11.3 Å². The molecule has 0 aliphatic heterocycles. The minimum atomic E-state index is -0.633. The van der Waals surface area contributed by atoms with Crippen molar-refractivity contribution in [3.8, 4) is 17.7 Å². The first-order valence-electron chi connectivity index (χ1n) is 8.05. The summed E-state index contributed by atoms with van der Waals surface area (Å²) in [5.41, 5.74) is 0.0919. The van der Waals surface area contributed by atoms with E-state index in [1.165, 1.54) is 18.3 Å². The van der Waals surface area contributed by atoms with Gasteiger partial charge in [-0.2, -0.15) is 5.26 Å². The van der Waals surface area contributed by atoms with E-state index in [0.29, 0.717) is 10.6 Å². The monoisotopic (exact) mass is 380 g/mol. The molecule has 1 aromatic carbocycles. The van der Waals surface area contributed by atoms with Crippen LogP contribution in [0.25, 0.3) is 0 Å². The number of ether oxygens (including phenoxy) is 1. The summed E-state index contributed by atoms with van der Waals surface area (Å²) >= 11 is 1.23. The molecule has 0 fully saturated rings. The number of aromatic nitrogens is 1. The summed E-state index contributed by atoms with van der Waals surface area (Å²) in [6.07, 6.45) is 0. The number of pyridine rings is 1. The Bertz CT molecular complexity index is 1090. The van der Waals surface area contributed by atoms with Gasteiger partial charge < -0.3 is 9.84 Å². The van der Waals surface area contributed by atoms with Crippen LogP contribution in [0.3, 0.4) is 0 Å². The van der Waals surface area contributed by atoms with Crippen molar-refractivity contribution in [2.45, 2.75) is 13.5 Å². The molecule has 136 valence electrons. The molecule has 0 radical (unpaired) electrons. The van der Waals surface area contributed by atoms with Crippen LogP contribution in [0.2, 0.25) is 0 Å². The van der Waals surface area contributed by atoms with Crippen LogP contribution >= 0.6 is 11.3 Å². The molecule has 0 saturated heterocycles. The van der Waals surface area contributed by atoms with Gasteiger partial charge in [0.2, 0.25) is 11.7 Å². The van der Waals surface area contributed by atoms with Crippen molar-refractivity contribution in [1.82, 2.24) is 4.57 Å². The third-order valence-corrected chi connectivity index (χ3v) is 5.14. The molecule has 0 atom stereocenters. The van der Waals surface area contributed by atoms with Crippen LogP contribution in [0.4, 0.5) is 0 Å². The van der Waals surface area contributed by atoms with Gasteiger partial charge in [-0.3, -0.25) is 14.2 Å². The van der Waals surface area contributed by atoms with E-state index in [1.54, 1.807) is 48.9 Å². The Balaban J connectivity index is 2.16. The minimum Gasteiger partial charge on any atom is -0.497 e. The molecule has 0 amide bonds. The Hall–Kier alpha value is -3.37. The van der Waals surface area contributed by atoms with Gasteiger partial charge in [-0.1, -0.05) is 18.2 Å². The fourth-order valence-electron chi connectivity index (χ4n) is 2.81. The van der Waals surface area contributed by atoms with Gasteiger partial charge >= 0.3 is 0 Å². The van der Waals surface area contributed by atoms with Gasteiger partial charge in [0, 0.05) is 0 Å². The summed E-state index contributed by atoms with van der Waals surface area (Å²) in [4.78, 5) is 25.9. The van der Waals surface area contributed by atoms with E-state index in [4.69, 9.17) is 4.74 Å². The van der Waals surface area contributed by atoms with Crippen LogP contribution in [0.5, 0.6) is 11.6 Å². The number of aromatic hydroxyl groups is 1. The molecule has 0 aliphatic rings. The number of rotatable bonds is 5. The molecule has 2 aromatic heterocycles. The van der Waals surface area contributed by atoms with E-state index in [-0.39, 0.29) is 23.2 Å². The maximum absolute atomic E-state index is 12.8. The maximum atomic E-state index is 12.8. The lowest BCUT2D eigenvalue weighted by molar-refractivity contribution is 0.103. The lowest BCUT2D eigenvalue weighted by atomic mass is 10.0. The summed E-state index contributed by atoms with van der Waals surface area (Å²) in [6, 6.07) is 12.2. The Labute approximate surface area is 159 Å². The van der Waals surface area contributed by atoms with Crippen LogP contribution < -0.4 is 10.3 Å². The van der Waals surface area contributed by atoms with E-state index < -0.39 is 17.2 Å². The number of carbonyl (C=O) groups excluding carboxylic acids is 1. The zero-order chi connectivity index (χ0) is 19.6. The van der Waals surface area contributed by atoms with Crippen LogP contribution in [0, 0.1) is 18.3 Å². The smallest absolute Gasteiger partial charge is 0.271 e. The predicted octanol–water partition coefficient (Wildman–Crippen LogP) is 3.08. The fourth-order valence-corrected chi connectivity index (χ4v) is 3.48. The molecule has 6 nitrogen and oxygen atoms in total. The summed E-state index contributed by atoms with van der Waals surface area (Å²) in [7, 11) is 1.55. The van der Waals surface area contributed by atoms with Crippen molar-refractivity contribution in [2.75, 3.05) is 7.11 Å². The van der Waals surface area contributed by atoms with Crippen molar-refractivity contribution < 1.29 is 14.6 Å². The molecule has 3 rings (SSSR count). The molecule has 0 saturated carbocycles. The van der Waals surface area contributed by atoms with Gasteiger partial charge in [0.1, 0.15) is 17.4 Å². The first kappa shape index (κ1) is 18.4. The zero-order valence-corrected chi connectivity index (χ0v) is 15.5. The summed E-state index contributed by atoms with van der Waals surface area (Å²) in [5.74, 6) is -0.198. The normalized spacial score (nSPS) is 10.4. The average molecular weight is 380 g/mol. The Kier molecular flexibility index (Phi) is 5.10. The van der Waals surface area contributed by atoms with E-state index in [9.17, 15) is 20.0 Å². The number of thiophene rings is 1. The number of hydrogen-bond acceptors (Lipinski definition) is 6. The van der Waals surface area contributed by atoms with Crippen LogP contribution in [0.15, 0.2) is 46.6 Å². The van der Waals surface area contributed by atoms with Crippen molar-refractivity contribution in [3.05, 3.63) is 79.3 Å². The molecule has 0 bridgehead atoms. The lowest BCUT2D eigenvalue weighted by Crippen LogP contribution is -2.27. The highest BCUT2D eigenvalue weighted by Crippen LogP contribution is 2.27. The number of ketones is 1. The number of nitriles is 1. The standard InChI is InChI=1S/C20H16N2O4S/c1-12-15(10-21)19(24)22(11-13-5-7-14(26-2)8-6-13)20(25)17(12)18(23)16-4-3-9-27-16/h3-9,25H,11H2,1-2H3. The van der Waals surface area contributed by atoms with Crippen LogP contribution in [-0.4, -0.2) is 22.6 Å².